The van der Waals surface area contributed by atoms with Gasteiger partial charge in [-0.25, -0.2) is 13.8 Å². The summed E-state index contributed by atoms with van der Waals surface area (Å²) in [4.78, 5) is 13.5. The molecule has 0 fully saturated rings. The molecule has 1 N–H and O–H groups in total. The average Bonchev–Trinajstić information content (AvgIpc) is 3.11. The van der Waals surface area contributed by atoms with Gasteiger partial charge in [0, 0.05) is 9.90 Å². The van der Waals surface area contributed by atoms with Gasteiger partial charge < -0.3 is 0 Å². The van der Waals surface area contributed by atoms with E-state index in [2.05, 4.69) is 10.5 Å². The van der Waals surface area contributed by atoms with Gasteiger partial charge in [-0.2, -0.15) is 5.10 Å². The summed E-state index contributed by atoms with van der Waals surface area (Å²) in [5.74, 6) is -0.573. The SMILES string of the molecule is Cc1ccc(S(=O)(=O)N(CC(=O)N/N=C\c2sccc2C)c2cccc(Cl)c2)cc1. The van der Waals surface area contributed by atoms with Crippen LogP contribution in [0.25, 0.3) is 0 Å². The van der Waals surface area contributed by atoms with Gasteiger partial charge in [-0.1, -0.05) is 35.4 Å². The van der Waals surface area contributed by atoms with E-state index in [9.17, 15) is 13.2 Å². The fourth-order valence-electron chi connectivity index (χ4n) is 2.63. The minimum Gasteiger partial charge on any atom is -0.271 e. The lowest BCUT2D eigenvalue weighted by molar-refractivity contribution is -0.119. The smallest absolute Gasteiger partial charge is 0.264 e. The van der Waals surface area contributed by atoms with Crippen molar-refractivity contribution in [2.75, 3.05) is 10.8 Å². The molecule has 0 aliphatic heterocycles. The molecule has 3 aromatic rings. The van der Waals surface area contributed by atoms with E-state index in [0.717, 1.165) is 20.3 Å². The van der Waals surface area contributed by atoms with E-state index in [1.807, 2.05) is 25.3 Å². The molecule has 0 saturated heterocycles. The predicted molar refractivity (Wildman–Crippen MR) is 122 cm³/mol. The maximum Gasteiger partial charge on any atom is 0.264 e. The molecule has 1 aromatic heterocycles. The van der Waals surface area contributed by atoms with Crippen molar-refractivity contribution in [1.29, 1.82) is 0 Å². The summed E-state index contributed by atoms with van der Waals surface area (Å²) in [7, 11) is -3.99. The zero-order valence-electron chi connectivity index (χ0n) is 16.4. The number of carbonyl (C=O) groups is 1. The minimum atomic E-state index is -3.99. The van der Waals surface area contributed by atoms with Crippen LogP contribution in [0.4, 0.5) is 5.69 Å². The summed E-state index contributed by atoms with van der Waals surface area (Å²) >= 11 is 7.55. The zero-order valence-corrected chi connectivity index (χ0v) is 18.8. The number of sulfonamides is 1. The Labute approximate surface area is 184 Å². The Bertz CT molecular complexity index is 1170. The van der Waals surface area contributed by atoms with Gasteiger partial charge in [0.05, 0.1) is 16.8 Å². The van der Waals surface area contributed by atoms with Gasteiger partial charge >= 0.3 is 0 Å². The molecule has 6 nitrogen and oxygen atoms in total. The quantitative estimate of drug-likeness (QED) is 0.419. The highest BCUT2D eigenvalue weighted by Crippen LogP contribution is 2.26. The van der Waals surface area contributed by atoms with Gasteiger partial charge in [-0.15, -0.1) is 11.3 Å². The Morgan fingerprint density at radius 2 is 1.90 bits per heavy atom. The first-order valence-corrected chi connectivity index (χ1v) is 11.7. The fraction of sp³-hybridized carbons (Fsp3) is 0.143. The van der Waals surface area contributed by atoms with Gasteiger partial charge in [-0.3, -0.25) is 9.10 Å². The summed E-state index contributed by atoms with van der Waals surface area (Å²) in [6.07, 6.45) is 1.54. The highest BCUT2D eigenvalue weighted by atomic mass is 35.5. The van der Waals surface area contributed by atoms with E-state index in [4.69, 9.17) is 11.6 Å². The highest BCUT2D eigenvalue weighted by molar-refractivity contribution is 7.92. The second-order valence-electron chi connectivity index (χ2n) is 6.57. The van der Waals surface area contributed by atoms with Crippen LogP contribution < -0.4 is 9.73 Å². The molecule has 9 heteroatoms. The molecule has 0 aliphatic carbocycles. The number of carbonyl (C=O) groups excluding carboxylic acids is 1. The van der Waals surface area contributed by atoms with Crippen molar-refractivity contribution in [3.8, 4) is 0 Å². The van der Waals surface area contributed by atoms with Crippen LogP contribution >= 0.6 is 22.9 Å². The van der Waals surface area contributed by atoms with Crippen LogP contribution in [0.1, 0.15) is 16.0 Å². The summed E-state index contributed by atoms with van der Waals surface area (Å²) in [5.41, 5.74) is 4.65. The second kappa shape index (κ2) is 9.42. The maximum absolute atomic E-state index is 13.3. The number of anilines is 1. The third-order valence-electron chi connectivity index (χ3n) is 4.27. The molecular formula is C21H20ClN3O3S2. The molecule has 0 unspecified atom stereocenters. The van der Waals surface area contributed by atoms with E-state index < -0.39 is 22.5 Å². The number of halogens is 1. The van der Waals surface area contributed by atoms with Crippen LogP contribution in [0.3, 0.4) is 0 Å². The van der Waals surface area contributed by atoms with Crippen LogP contribution in [-0.4, -0.2) is 27.1 Å². The number of rotatable bonds is 7. The molecule has 30 heavy (non-hydrogen) atoms. The van der Waals surface area contributed by atoms with E-state index in [-0.39, 0.29) is 10.6 Å². The molecule has 3 rings (SSSR count). The monoisotopic (exact) mass is 461 g/mol. The summed E-state index contributed by atoms with van der Waals surface area (Å²) < 4.78 is 27.5. The van der Waals surface area contributed by atoms with Gasteiger partial charge in [-0.05, 0) is 61.2 Å². The maximum atomic E-state index is 13.3. The first-order valence-electron chi connectivity index (χ1n) is 8.98. The molecule has 1 amide bonds. The number of nitrogens with zero attached hydrogens (tertiary/aromatic N) is 2. The molecule has 2 aromatic carbocycles. The number of aryl methyl sites for hydroxylation is 2. The van der Waals surface area contributed by atoms with Crippen molar-refractivity contribution in [2.45, 2.75) is 18.7 Å². The van der Waals surface area contributed by atoms with Crippen LogP contribution in [0, 0.1) is 13.8 Å². The van der Waals surface area contributed by atoms with Gasteiger partial charge in [0.15, 0.2) is 0 Å². The van der Waals surface area contributed by atoms with E-state index in [1.54, 1.807) is 30.3 Å². The Morgan fingerprint density at radius 1 is 1.17 bits per heavy atom. The molecular weight excluding hydrogens is 442 g/mol. The zero-order chi connectivity index (χ0) is 21.7. The average molecular weight is 462 g/mol. The van der Waals surface area contributed by atoms with E-state index in [1.165, 1.54) is 35.8 Å². The van der Waals surface area contributed by atoms with E-state index >= 15 is 0 Å². The Hall–Kier alpha value is -2.68. The molecule has 0 spiro atoms. The van der Waals surface area contributed by atoms with Crippen LogP contribution in [0.15, 0.2) is 70.0 Å². The third-order valence-corrected chi connectivity index (χ3v) is 7.24. The van der Waals surface area contributed by atoms with Crippen molar-refractivity contribution in [2.24, 2.45) is 5.10 Å². The fourth-order valence-corrected chi connectivity index (χ4v) is 5.01. The lowest BCUT2D eigenvalue weighted by Gasteiger charge is -2.24. The largest absolute Gasteiger partial charge is 0.271 e. The van der Waals surface area contributed by atoms with Crippen molar-refractivity contribution < 1.29 is 13.2 Å². The lowest BCUT2D eigenvalue weighted by atomic mass is 10.2. The molecule has 0 atom stereocenters. The van der Waals surface area contributed by atoms with E-state index in [0.29, 0.717) is 5.02 Å². The number of thiophene rings is 1. The molecule has 0 bridgehead atoms. The Morgan fingerprint density at radius 3 is 2.53 bits per heavy atom. The van der Waals surface area contributed by atoms with Gasteiger partial charge in [0.2, 0.25) is 0 Å². The minimum absolute atomic E-state index is 0.0820. The predicted octanol–water partition coefficient (Wildman–Crippen LogP) is 4.36. The number of amides is 1. The summed E-state index contributed by atoms with van der Waals surface area (Å²) in [6, 6.07) is 14.7. The number of nitrogens with one attached hydrogen (secondary N) is 1. The van der Waals surface area contributed by atoms with Crippen molar-refractivity contribution in [3.05, 3.63) is 81.0 Å². The van der Waals surface area contributed by atoms with Crippen molar-refractivity contribution in [1.82, 2.24) is 5.43 Å². The first-order chi connectivity index (χ1) is 14.3. The standard InChI is InChI=1S/C21H20ClN3O3S2/c1-15-6-8-19(9-7-15)30(27,28)25(18-5-3-4-17(22)12-18)14-21(26)24-23-13-20-16(2)10-11-29-20/h3-13H,14H2,1-2H3,(H,24,26)/b23-13-. The van der Waals surface area contributed by atoms with Crippen molar-refractivity contribution >= 4 is 50.8 Å². The molecule has 156 valence electrons. The van der Waals surface area contributed by atoms with Crippen LogP contribution in [0.2, 0.25) is 5.02 Å². The normalized spacial score (nSPS) is 11.6. The number of benzene rings is 2. The van der Waals surface area contributed by atoms with Crippen molar-refractivity contribution in [3.63, 3.8) is 0 Å². The third kappa shape index (κ3) is 5.27. The van der Waals surface area contributed by atoms with Gasteiger partial charge in [0.25, 0.3) is 15.9 Å². The molecule has 0 aliphatic rings. The second-order valence-corrected chi connectivity index (χ2v) is 9.81. The van der Waals surface area contributed by atoms with Gasteiger partial charge in [0.1, 0.15) is 6.54 Å². The number of hydrogen-bond acceptors (Lipinski definition) is 5. The summed E-state index contributed by atoms with van der Waals surface area (Å²) in [6.45, 7) is 3.36. The van der Waals surface area contributed by atoms with Crippen LogP contribution in [0.5, 0.6) is 0 Å². The van der Waals surface area contributed by atoms with Crippen LogP contribution in [-0.2, 0) is 14.8 Å². The molecule has 1 heterocycles. The molecule has 0 saturated carbocycles. The number of hydrogen-bond donors (Lipinski definition) is 1. The number of hydrazone groups is 1. The highest BCUT2D eigenvalue weighted by Gasteiger charge is 2.27. The summed E-state index contributed by atoms with van der Waals surface area (Å²) in [5, 5.41) is 6.23. The lowest BCUT2D eigenvalue weighted by Crippen LogP contribution is -2.39. The first kappa shape index (κ1) is 22.0. The molecule has 0 radical (unpaired) electrons. The Balaban J connectivity index is 1.86. The topological polar surface area (TPSA) is 78.8 Å². The Kier molecular flexibility index (Phi) is 6.91.